The highest BCUT2D eigenvalue weighted by molar-refractivity contribution is 5.92. The highest BCUT2D eigenvalue weighted by Gasteiger charge is 2.33. The van der Waals surface area contributed by atoms with Crippen LogP contribution in [0.3, 0.4) is 0 Å². The molecule has 2 heterocycles. The summed E-state index contributed by atoms with van der Waals surface area (Å²) < 4.78 is 27.6. The van der Waals surface area contributed by atoms with Crippen LogP contribution in [0.25, 0.3) is 11.1 Å². The van der Waals surface area contributed by atoms with Gasteiger partial charge in [0.25, 0.3) is 12.3 Å². The van der Waals surface area contributed by atoms with Gasteiger partial charge in [0.2, 0.25) is 0 Å². The molecule has 0 bridgehead atoms. The Morgan fingerprint density at radius 1 is 1.31 bits per heavy atom. The molecule has 2 aliphatic rings. The van der Waals surface area contributed by atoms with Gasteiger partial charge in [-0.25, -0.2) is 8.78 Å². The Hall–Kier alpha value is -2.50. The second-order valence-electron chi connectivity index (χ2n) is 6.91. The summed E-state index contributed by atoms with van der Waals surface area (Å²) in [4.78, 5) is 18.1. The van der Waals surface area contributed by atoms with Crippen LogP contribution < -0.4 is 10.2 Å². The van der Waals surface area contributed by atoms with E-state index in [1.165, 1.54) is 13.2 Å². The van der Waals surface area contributed by atoms with Crippen molar-refractivity contribution in [2.45, 2.75) is 38.2 Å². The van der Waals surface area contributed by atoms with Crippen LogP contribution in [0.5, 0.6) is 0 Å². The zero-order valence-electron chi connectivity index (χ0n) is 14.6. The van der Waals surface area contributed by atoms with E-state index >= 15 is 0 Å². The summed E-state index contributed by atoms with van der Waals surface area (Å²) in [7, 11) is 1.53. The first-order valence-corrected chi connectivity index (χ1v) is 8.98. The van der Waals surface area contributed by atoms with E-state index in [4.69, 9.17) is 0 Å². The number of hydrogen-bond acceptors (Lipinski definition) is 3. The summed E-state index contributed by atoms with van der Waals surface area (Å²) in [6.07, 6.45) is 3.19. The number of hydrogen-bond donors (Lipinski definition) is 1. The lowest BCUT2D eigenvalue weighted by atomic mass is 9.92. The fourth-order valence-corrected chi connectivity index (χ4v) is 3.69. The number of benzene rings is 1. The van der Waals surface area contributed by atoms with Gasteiger partial charge in [0, 0.05) is 42.6 Å². The van der Waals surface area contributed by atoms with Crippen molar-refractivity contribution in [2.75, 3.05) is 18.5 Å². The van der Waals surface area contributed by atoms with E-state index in [1.807, 2.05) is 6.07 Å². The Balaban J connectivity index is 1.77. The van der Waals surface area contributed by atoms with Gasteiger partial charge in [-0.3, -0.25) is 9.78 Å². The Kier molecular flexibility index (Phi) is 4.34. The number of rotatable bonds is 4. The lowest BCUT2D eigenvalue weighted by Crippen LogP contribution is -2.31. The topological polar surface area (TPSA) is 45.2 Å². The number of pyridine rings is 1. The summed E-state index contributed by atoms with van der Waals surface area (Å²) in [6.45, 7) is 0.947. The molecule has 2 aromatic rings. The fraction of sp³-hybridized carbons (Fsp3) is 0.400. The number of nitrogens with one attached hydrogen (secondary N) is 1. The molecule has 0 unspecified atom stereocenters. The first-order valence-electron chi connectivity index (χ1n) is 8.98. The van der Waals surface area contributed by atoms with E-state index in [2.05, 4.69) is 15.2 Å². The lowest BCUT2D eigenvalue weighted by molar-refractivity contribution is 0.0958. The Bertz CT molecular complexity index is 832. The maximum Gasteiger partial charge on any atom is 0.269 e. The third-order valence-corrected chi connectivity index (χ3v) is 5.16. The van der Waals surface area contributed by atoms with E-state index in [0.717, 1.165) is 43.5 Å². The zero-order valence-corrected chi connectivity index (χ0v) is 14.6. The molecule has 136 valence electrons. The van der Waals surface area contributed by atoms with Crippen molar-refractivity contribution >= 4 is 11.6 Å². The molecule has 1 aliphatic heterocycles. The third-order valence-electron chi connectivity index (χ3n) is 5.16. The van der Waals surface area contributed by atoms with Crippen LogP contribution in [-0.4, -0.2) is 30.5 Å². The summed E-state index contributed by atoms with van der Waals surface area (Å²) >= 11 is 0. The van der Waals surface area contributed by atoms with E-state index in [-0.39, 0.29) is 17.2 Å². The molecular weight excluding hydrogens is 336 g/mol. The van der Waals surface area contributed by atoms with E-state index in [0.29, 0.717) is 17.2 Å². The van der Waals surface area contributed by atoms with Crippen LogP contribution in [-0.2, 0) is 6.42 Å². The number of aryl methyl sites for hydroxylation is 1. The Morgan fingerprint density at radius 2 is 2.12 bits per heavy atom. The smallest absolute Gasteiger partial charge is 0.269 e. The van der Waals surface area contributed by atoms with Crippen LogP contribution in [0.4, 0.5) is 14.5 Å². The quantitative estimate of drug-likeness (QED) is 0.901. The van der Waals surface area contributed by atoms with E-state index in [9.17, 15) is 13.6 Å². The molecule has 0 radical (unpaired) electrons. The number of carbonyl (C=O) groups excluding carboxylic acids is 1. The molecule has 1 amide bonds. The lowest BCUT2D eigenvalue weighted by Gasteiger charge is -2.32. The van der Waals surface area contributed by atoms with Gasteiger partial charge < -0.3 is 10.2 Å². The van der Waals surface area contributed by atoms with Gasteiger partial charge in [-0.05, 0) is 55.0 Å². The minimum Gasteiger partial charge on any atom is -0.368 e. The predicted molar refractivity (Wildman–Crippen MR) is 96.7 cm³/mol. The van der Waals surface area contributed by atoms with Crippen molar-refractivity contribution in [3.05, 3.63) is 47.3 Å². The summed E-state index contributed by atoms with van der Waals surface area (Å²) in [5.74, 6) is -0.295. The highest BCUT2D eigenvalue weighted by atomic mass is 19.3. The second-order valence-corrected chi connectivity index (χ2v) is 6.91. The Labute approximate surface area is 151 Å². The van der Waals surface area contributed by atoms with Crippen molar-refractivity contribution in [1.82, 2.24) is 10.3 Å². The van der Waals surface area contributed by atoms with Crippen molar-refractivity contribution in [3.8, 4) is 11.1 Å². The van der Waals surface area contributed by atoms with Crippen LogP contribution >= 0.6 is 0 Å². The molecule has 1 aromatic heterocycles. The van der Waals surface area contributed by atoms with E-state index in [1.54, 1.807) is 18.2 Å². The molecular formula is C20H21F2N3O. The van der Waals surface area contributed by atoms with E-state index < -0.39 is 6.43 Å². The number of fused-ring (bicyclic) bond motifs is 1. The summed E-state index contributed by atoms with van der Waals surface area (Å²) in [5.41, 5.74) is 3.51. The number of aromatic nitrogens is 1. The standard InChI is InChI=1S/C20H21F2N3O/c1-23-20(26)17-7-4-13(11-24-17)15-9-12-3-2-8-25(14-5-6-14)18(12)10-16(15)19(21)22/h4,7,9-11,14,19H,2-3,5-6,8H2,1H3,(H,23,26). The van der Waals surface area contributed by atoms with Gasteiger partial charge in [-0.2, -0.15) is 0 Å². The molecule has 0 saturated heterocycles. The van der Waals surface area contributed by atoms with Crippen LogP contribution in [0.15, 0.2) is 30.5 Å². The molecule has 4 rings (SSSR count). The average Bonchev–Trinajstić information content (AvgIpc) is 3.51. The molecule has 1 aromatic carbocycles. The van der Waals surface area contributed by atoms with Crippen molar-refractivity contribution in [1.29, 1.82) is 0 Å². The maximum absolute atomic E-state index is 13.8. The monoisotopic (exact) mass is 357 g/mol. The SMILES string of the molecule is CNC(=O)c1ccc(-c2cc3c(cc2C(F)F)N(C2CC2)CCC3)cn1. The number of halogens is 2. The zero-order chi connectivity index (χ0) is 18.3. The molecule has 1 aliphatic carbocycles. The summed E-state index contributed by atoms with van der Waals surface area (Å²) in [6, 6.07) is 7.33. The number of amides is 1. The minimum atomic E-state index is -2.56. The van der Waals surface area contributed by atoms with Crippen molar-refractivity contribution in [3.63, 3.8) is 0 Å². The number of nitrogens with zero attached hydrogens (tertiary/aromatic N) is 2. The maximum atomic E-state index is 13.8. The predicted octanol–water partition coefficient (Wildman–Crippen LogP) is 3.96. The minimum absolute atomic E-state index is 0.0331. The highest BCUT2D eigenvalue weighted by Crippen LogP contribution is 2.42. The molecule has 6 heteroatoms. The molecule has 26 heavy (non-hydrogen) atoms. The second kappa shape index (κ2) is 6.67. The Morgan fingerprint density at radius 3 is 2.73 bits per heavy atom. The molecule has 1 N–H and O–H groups in total. The van der Waals surface area contributed by atoms with Gasteiger partial charge in [-0.1, -0.05) is 6.07 Å². The van der Waals surface area contributed by atoms with Gasteiger partial charge in [0.05, 0.1) is 0 Å². The average molecular weight is 357 g/mol. The van der Waals surface area contributed by atoms with Crippen molar-refractivity contribution < 1.29 is 13.6 Å². The molecule has 4 nitrogen and oxygen atoms in total. The largest absolute Gasteiger partial charge is 0.368 e. The first kappa shape index (κ1) is 16.9. The van der Waals surface area contributed by atoms with Crippen LogP contribution in [0.1, 0.15) is 47.3 Å². The van der Waals surface area contributed by atoms with Gasteiger partial charge in [0.1, 0.15) is 5.69 Å². The van der Waals surface area contributed by atoms with Gasteiger partial charge in [0.15, 0.2) is 0 Å². The van der Waals surface area contributed by atoms with Gasteiger partial charge >= 0.3 is 0 Å². The molecule has 0 atom stereocenters. The summed E-state index contributed by atoms with van der Waals surface area (Å²) in [5, 5.41) is 2.51. The van der Waals surface area contributed by atoms with Crippen molar-refractivity contribution in [2.24, 2.45) is 0 Å². The third kappa shape index (κ3) is 3.04. The molecule has 1 saturated carbocycles. The number of alkyl halides is 2. The normalized spacial score (nSPS) is 16.5. The van der Waals surface area contributed by atoms with Crippen LogP contribution in [0.2, 0.25) is 0 Å². The van der Waals surface area contributed by atoms with Gasteiger partial charge in [-0.15, -0.1) is 0 Å². The molecule has 0 spiro atoms. The number of carbonyl (C=O) groups is 1. The number of anilines is 1. The van der Waals surface area contributed by atoms with Crippen LogP contribution in [0, 0.1) is 0 Å². The fourth-order valence-electron chi connectivity index (χ4n) is 3.69. The first-order chi connectivity index (χ1) is 12.6. The molecule has 1 fully saturated rings.